The third-order valence-corrected chi connectivity index (χ3v) is 4.16. The Hall–Kier alpha value is -0.580. The number of hydrogen-bond donors (Lipinski definition) is 0. The number of aryl methyl sites for hydroxylation is 2. The van der Waals surface area contributed by atoms with Crippen LogP contribution < -0.4 is 4.74 Å². The molecule has 2 rings (SSSR count). The molecule has 0 radical (unpaired) electrons. The zero-order valence-corrected chi connectivity index (χ0v) is 12.8. The highest BCUT2D eigenvalue weighted by Crippen LogP contribution is 2.27. The summed E-state index contributed by atoms with van der Waals surface area (Å²) in [7, 11) is 0. The van der Waals surface area contributed by atoms with Crippen LogP contribution in [-0.4, -0.2) is 25.1 Å². The maximum absolute atomic E-state index is 5.77. The van der Waals surface area contributed by atoms with Gasteiger partial charge < -0.3 is 14.2 Å². The van der Waals surface area contributed by atoms with Crippen LogP contribution in [0.15, 0.2) is 16.6 Å². The largest absolute Gasteiger partial charge is 0.491 e. The SMILES string of the molecule is Cc1cc(OC[C@H]2COC(C)(C)O2)cc(C)c1Br. The summed E-state index contributed by atoms with van der Waals surface area (Å²) in [6.45, 7) is 9.05. The molecule has 0 spiro atoms. The van der Waals surface area contributed by atoms with Gasteiger partial charge in [0.25, 0.3) is 0 Å². The molecule has 1 aliphatic heterocycles. The summed E-state index contributed by atoms with van der Waals surface area (Å²) < 4.78 is 18.1. The number of hydrogen-bond acceptors (Lipinski definition) is 3. The zero-order valence-electron chi connectivity index (χ0n) is 11.2. The first kappa shape index (κ1) is 13.8. The minimum Gasteiger partial charge on any atom is -0.491 e. The van der Waals surface area contributed by atoms with Crippen LogP contribution in [0, 0.1) is 13.8 Å². The molecule has 1 heterocycles. The standard InChI is InChI=1S/C14H19BrO3/c1-9-5-11(6-10(2)13(9)15)16-7-12-8-17-14(3,4)18-12/h5-6,12H,7-8H2,1-4H3/t12-/m0/s1. The zero-order chi connectivity index (χ0) is 13.3. The predicted molar refractivity (Wildman–Crippen MR) is 74.0 cm³/mol. The fourth-order valence-electron chi connectivity index (χ4n) is 2.02. The summed E-state index contributed by atoms with van der Waals surface area (Å²) >= 11 is 3.55. The van der Waals surface area contributed by atoms with E-state index in [0.717, 1.165) is 10.2 Å². The molecule has 1 fully saturated rings. The fourth-order valence-corrected chi connectivity index (χ4v) is 2.25. The van der Waals surface area contributed by atoms with E-state index in [9.17, 15) is 0 Å². The molecule has 1 atom stereocenters. The lowest BCUT2D eigenvalue weighted by Crippen LogP contribution is -2.25. The van der Waals surface area contributed by atoms with Crippen molar-refractivity contribution in [3.05, 3.63) is 27.7 Å². The van der Waals surface area contributed by atoms with Gasteiger partial charge in [-0.2, -0.15) is 0 Å². The van der Waals surface area contributed by atoms with E-state index in [4.69, 9.17) is 14.2 Å². The molecule has 1 aromatic rings. The van der Waals surface area contributed by atoms with Crippen LogP contribution >= 0.6 is 15.9 Å². The first-order valence-electron chi connectivity index (χ1n) is 6.09. The van der Waals surface area contributed by atoms with Gasteiger partial charge in [0.1, 0.15) is 18.5 Å². The van der Waals surface area contributed by atoms with Crippen molar-refractivity contribution in [3.8, 4) is 5.75 Å². The molecule has 18 heavy (non-hydrogen) atoms. The number of benzene rings is 1. The van der Waals surface area contributed by atoms with E-state index in [0.29, 0.717) is 13.2 Å². The molecule has 0 unspecified atom stereocenters. The Balaban J connectivity index is 1.95. The van der Waals surface area contributed by atoms with Crippen LogP contribution in [0.3, 0.4) is 0 Å². The molecule has 4 heteroatoms. The molecule has 0 amide bonds. The van der Waals surface area contributed by atoms with E-state index < -0.39 is 5.79 Å². The van der Waals surface area contributed by atoms with Crippen molar-refractivity contribution in [1.82, 2.24) is 0 Å². The third kappa shape index (κ3) is 3.25. The summed E-state index contributed by atoms with van der Waals surface area (Å²) in [6.07, 6.45) is 0.00394. The number of halogens is 1. The predicted octanol–water partition coefficient (Wildman–Crippen LogP) is 3.60. The van der Waals surface area contributed by atoms with E-state index in [2.05, 4.69) is 29.8 Å². The van der Waals surface area contributed by atoms with Gasteiger partial charge in [-0.15, -0.1) is 0 Å². The average Bonchev–Trinajstić information content (AvgIpc) is 2.63. The highest BCUT2D eigenvalue weighted by Gasteiger charge is 2.32. The Morgan fingerprint density at radius 3 is 2.44 bits per heavy atom. The van der Waals surface area contributed by atoms with Crippen LogP contribution in [0.25, 0.3) is 0 Å². The smallest absolute Gasteiger partial charge is 0.163 e. The van der Waals surface area contributed by atoms with Gasteiger partial charge >= 0.3 is 0 Å². The third-order valence-electron chi connectivity index (χ3n) is 2.91. The maximum Gasteiger partial charge on any atom is 0.163 e. The Kier molecular flexibility index (Phi) is 3.99. The van der Waals surface area contributed by atoms with Crippen molar-refractivity contribution in [2.24, 2.45) is 0 Å². The monoisotopic (exact) mass is 314 g/mol. The van der Waals surface area contributed by atoms with Gasteiger partial charge in [-0.3, -0.25) is 0 Å². The molecule has 1 aliphatic rings. The van der Waals surface area contributed by atoms with Crippen molar-refractivity contribution in [2.75, 3.05) is 13.2 Å². The van der Waals surface area contributed by atoms with Crippen molar-refractivity contribution >= 4 is 15.9 Å². The first-order chi connectivity index (χ1) is 8.37. The summed E-state index contributed by atoms with van der Waals surface area (Å²) in [4.78, 5) is 0. The lowest BCUT2D eigenvalue weighted by Gasteiger charge is -2.17. The molecular weight excluding hydrogens is 296 g/mol. The van der Waals surface area contributed by atoms with Crippen LogP contribution in [0.5, 0.6) is 5.75 Å². The van der Waals surface area contributed by atoms with Gasteiger partial charge in [0.05, 0.1) is 6.61 Å². The van der Waals surface area contributed by atoms with Crippen molar-refractivity contribution in [2.45, 2.75) is 39.6 Å². The molecule has 0 aliphatic carbocycles. The number of ether oxygens (including phenoxy) is 3. The molecule has 0 N–H and O–H groups in total. The van der Waals surface area contributed by atoms with E-state index in [1.807, 2.05) is 26.0 Å². The van der Waals surface area contributed by atoms with Gasteiger partial charge in [-0.1, -0.05) is 15.9 Å². The summed E-state index contributed by atoms with van der Waals surface area (Å²) in [6, 6.07) is 4.05. The van der Waals surface area contributed by atoms with Crippen LogP contribution in [0.1, 0.15) is 25.0 Å². The Morgan fingerprint density at radius 2 is 1.94 bits per heavy atom. The van der Waals surface area contributed by atoms with Crippen molar-refractivity contribution < 1.29 is 14.2 Å². The second kappa shape index (κ2) is 5.19. The molecule has 100 valence electrons. The minimum atomic E-state index is -0.487. The molecule has 0 saturated carbocycles. The Bertz CT molecular complexity index is 420. The lowest BCUT2D eigenvalue weighted by molar-refractivity contribution is -0.141. The minimum absolute atomic E-state index is 0.00394. The Morgan fingerprint density at radius 1 is 1.33 bits per heavy atom. The highest BCUT2D eigenvalue weighted by molar-refractivity contribution is 9.10. The van der Waals surface area contributed by atoms with E-state index in [-0.39, 0.29) is 6.10 Å². The summed E-state index contributed by atoms with van der Waals surface area (Å²) in [5.41, 5.74) is 2.35. The number of rotatable bonds is 3. The van der Waals surface area contributed by atoms with Gasteiger partial charge in [0.15, 0.2) is 5.79 Å². The molecule has 0 aromatic heterocycles. The lowest BCUT2D eigenvalue weighted by atomic mass is 10.1. The average molecular weight is 315 g/mol. The molecule has 1 aromatic carbocycles. The topological polar surface area (TPSA) is 27.7 Å². The van der Waals surface area contributed by atoms with Crippen LogP contribution in [0.2, 0.25) is 0 Å². The normalized spacial score (nSPS) is 22.2. The van der Waals surface area contributed by atoms with E-state index in [1.165, 1.54) is 11.1 Å². The molecular formula is C14H19BrO3. The van der Waals surface area contributed by atoms with Gasteiger partial charge in [0, 0.05) is 4.47 Å². The summed E-state index contributed by atoms with van der Waals surface area (Å²) in [5, 5.41) is 0. The second-order valence-corrected chi connectivity index (χ2v) is 5.93. The van der Waals surface area contributed by atoms with Crippen molar-refractivity contribution in [1.29, 1.82) is 0 Å². The Labute approximate surface area is 117 Å². The van der Waals surface area contributed by atoms with E-state index in [1.54, 1.807) is 0 Å². The highest BCUT2D eigenvalue weighted by atomic mass is 79.9. The van der Waals surface area contributed by atoms with Crippen molar-refractivity contribution in [3.63, 3.8) is 0 Å². The first-order valence-corrected chi connectivity index (χ1v) is 6.88. The fraction of sp³-hybridized carbons (Fsp3) is 0.571. The quantitative estimate of drug-likeness (QED) is 0.853. The summed E-state index contributed by atoms with van der Waals surface area (Å²) in [5.74, 6) is 0.390. The molecule has 1 saturated heterocycles. The van der Waals surface area contributed by atoms with E-state index >= 15 is 0 Å². The van der Waals surface area contributed by atoms with Gasteiger partial charge in [-0.05, 0) is 51.0 Å². The van der Waals surface area contributed by atoms with Gasteiger partial charge in [0.2, 0.25) is 0 Å². The van der Waals surface area contributed by atoms with Crippen LogP contribution in [0.4, 0.5) is 0 Å². The maximum atomic E-state index is 5.77. The van der Waals surface area contributed by atoms with Gasteiger partial charge in [-0.25, -0.2) is 0 Å². The molecule has 3 nitrogen and oxygen atoms in total. The van der Waals surface area contributed by atoms with Crippen LogP contribution in [-0.2, 0) is 9.47 Å². The second-order valence-electron chi connectivity index (χ2n) is 5.13. The molecule has 0 bridgehead atoms.